The van der Waals surface area contributed by atoms with Crippen molar-refractivity contribution in [1.82, 2.24) is 14.7 Å². The Labute approximate surface area is 126 Å². The molecule has 0 bridgehead atoms. The summed E-state index contributed by atoms with van der Waals surface area (Å²) in [4.78, 5) is 29.6. The molecule has 2 rings (SSSR count). The summed E-state index contributed by atoms with van der Waals surface area (Å²) in [7, 11) is 0. The molecule has 21 heavy (non-hydrogen) atoms. The average Bonchev–Trinajstić information content (AvgIpc) is 2.46. The van der Waals surface area contributed by atoms with E-state index in [1.54, 1.807) is 4.90 Å². The number of urea groups is 1. The summed E-state index contributed by atoms with van der Waals surface area (Å²) >= 11 is 0. The van der Waals surface area contributed by atoms with Crippen LogP contribution in [0.2, 0.25) is 0 Å². The van der Waals surface area contributed by atoms with E-state index in [1.807, 2.05) is 4.90 Å². The highest BCUT2D eigenvalue weighted by molar-refractivity contribution is 5.76. The zero-order valence-electron chi connectivity index (χ0n) is 13.3. The normalized spacial score (nSPS) is 25.0. The standard InChI is InChI=1S/C15H27N3O3/c1-15(2,3)18-9-7-16(8-10-18)14(21)17-6-4-5-12(11-17)13(19)20/h12H,4-11H2,1-3H3,(H,19,20)/t12-/m0/s1. The molecular formula is C15H27N3O3. The molecule has 0 spiro atoms. The second kappa shape index (κ2) is 6.22. The fourth-order valence-corrected chi connectivity index (χ4v) is 3.12. The Kier molecular flexibility index (Phi) is 4.76. The van der Waals surface area contributed by atoms with Crippen LogP contribution in [0.3, 0.4) is 0 Å². The molecule has 2 saturated heterocycles. The summed E-state index contributed by atoms with van der Waals surface area (Å²) in [5, 5.41) is 9.11. The Balaban J connectivity index is 1.88. The largest absolute Gasteiger partial charge is 0.481 e. The molecule has 0 aromatic carbocycles. The Morgan fingerprint density at radius 3 is 2.14 bits per heavy atom. The number of rotatable bonds is 1. The Morgan fingerprint density at radius 2 is 1.62 bits per heavy atom. The van der Waals surface area contributed by atoms with Crippen molar-refractivity contribution in [3.8, 4) is 0 Å². The lowest BCUT2D eigenvalue weighted by Crippen LogP contribution is -2.58. The van der Waals surface area contributed by atoms with Crippen molar-refractivity contribution < 1.29 is 14.7 Å². The highest BCUT2D eigenvalue weighted by Crippen LogP contribution is 2.20. The third kappa shape index (κ3) is 3.87. The van der Waals surface area contributed by atoms with Crippen LogP contribution >= 0.6 is 0 Å². The highest BCUT2D eigenvalue weighted by Gasteiger charge is 2.33. The van der Waals surface area contributed by atoms with Crippen LogP contribution in [0.5, 0.6) is 0 Å². The van der Waals surface area contributed by atoms with E-state index in [9.17, 15) is 9.59 Å². The monoisotopic (exact) mass is 297 g/mol. The molecule has 0 aliphatic carbocycles. The molecule has 2 aliphatic heterocycles. The van der Waals surface area contributed by atoms with Crippen LogP contribution in [0.4, 0.5) is 4.79 Å². The van der Waals surface area contributed by atoms with Crippen LogP contribution < -0.4 is 0 Å². The second-order valence-electron chi connectivity index (χ2n) is 7.05. The van der Waals surface area contributed by atoms with Gasteiger partial charge in [-0.15, -0.1) is 0 Å². The molecule has 2 fully saturated rings. The van der Waals surface area contributed by atoms with E-state index in [0.717, 1.165) is 32.6 Å². The third-order valence-electron chi connectivity index (χ3n) is 4.54. The molecule has 0 unspecified atom stereocenters. The van der Waals surface area contributed by atoms with E-state index in [2.05, 4.69) is 25.7 Å². The van der Waals surface area contributed by atoms with Crippen LogP contribution in [0, 0.1) is 5.92 Å². The lowest BCUT2D eigenvalue weighted by atomic mass is 9.98. The van der Waals surface area contributed by atoms with Gasteiger partial charge in [0.2, 0.25) is 0 Å². The SMILES string of the molecule is CC(C)(C)N1CCN(C(=O)N2CCC[C@H](C(=O)O)C2)CC1. The lowest BCUT2D eigenvalue weighted by molar-refractivity contribution is -0.143. The fourth-order valence-electron chi connectivity index (χ4n) is 3.12. The van der Waals surface area contributed by atoms with Crippen LogP contribution in [0.25, 0.3) is 0 Å². The number of carboxylic acids is 1. The van der Waals surface area contributed by atoms with Gasteiger partial charge in [0.05, 0.1) is 5.92 Å². The van der Waals surface area contributed by atoms with Gasteiger partial charge in [-0.1, -0.05) is 0 Å². The minimum absolute atomic E-state index is 0.00880. The number of piperidine rings is 1. The number of nitrogens with zero attached hydrogens (tertiary/aromatic N) is 3. The summed E-state index contributed by atoms with van der Waals surface area (Å²) in [6.45, 7) is 10.8. The number of carboxylic acid groups (broad SMARTS) is 1. The molecule has 6 heteroatoms. The van der Waals surface area contributed by atoms with Gasteiger partial charge in [-0.2, -0.15) is 0 Å². The number of hydrogen-bond acceptors (Lipinski definition) is 3. The number of piperazine rings is 1. The summed E-state index contributed by atoms with van der Waals surface area (Å²) in [6.07, 6.45) is 1.46. The molecule has 1 N–H and O–H groups in total. The zero-order chi connectivity index (χ0) is 15.6. The zero-order valence-corrected chi connectivity index (χ0v) is 13.3. The number of hydrogen-bond donors (Lipinski definition) is 1. The molecule has 0 aromatic rings. The summed E-state index contributed by atoms with van der Waals surface area (Å²) in [5.74, 6) is -1.19. The van der Waals surface area contributed by atoms with Gasteiger partial charge in [-0.25, -0.2) is 4.79 Å². The Bertz CT molecular complexity index is 397. The van der Waals surface area contributed by atoms with Crippen LogP contribution in [-0.2, 0) is 4.79 Å². The van der Waals surface area contributed by atoms with Gasteiger partial charge in [0.25, 0.3) is 0 Å². The smallest absolute Gasteiger partial charge is 0.320 e. The average molecular weight is 297 g/mol. The van der Waals surface area contributed by atoms with Gasteiger partial charge < -0.3 is 14.9 Å². The first kappa shape index (κ1) is 16.1. The molecule has 2 amide bonds. The van der Waals surface area contributed by atoms with E-state index in [0.29, 0.717) is 19.5 Å². The van der Waals surface area contributed by atoms with Crippen LogP contribution in [-0.4, -0.2) is 76.6 Å². The first-order valence-electron chi connectivity index (χ1n) is 7.81. The fraction of sp³-hybridized carbons (Fsp3) is 0.867. The summed E-state index contributed by atoms with van der Waals surface area (Å²) in [6, 6.07) is 0.00880. The lowest BCUT2D eigenvalue weighted by Gasteiger charge is -2.44. The van der Waals surface area contributed by atoms with Crippen LogP contribution in [0.1, 0.15) is 33.6 Å². The van der Waals surface area contributed by atoms with Gasteiger partial charge >= 0.3 is 12.0 Å². The second-order valence-corrected chi connectivity index (χ2v) is 7.05. The van der Waals surface area contributed by atoms with Crippen LogP contribution in [0.15, 0.2) is 0 Å². The van der Waals surface area contributed by atoms with Gasteiger partial charge in [0.15, 0.2) is 0 Å². The van der Waals surface area contributed by atoms with E-state index in [1.165, 1.54) is 0 Å². The van der Waals surface area contributed by atoms with E-state index >= 15 is 0 Å². The van der Waals surface area contributed by atoms with Crippen molar-refractivity contribution in [3.63, 3.8) is 0 Å². The predicted octanol–water partition coefficient (Wildman–Crippen LogP) is 1.32. The molecule has 1 atom stereocenters. The molecule has 2 heterocycles. The van der Waals surface area contributed by atoms with E-state index in [-0.39, 0.29) is 11.6 Å². The number of aliphatic carboxylic acids is 1. The third-order valence-corrected chi connectivity index (χ3v) is 4.54. The minimum Gasteiger partial charge on any atom is -0.481 e. The molecule has 0 radical (unpaired) electrons. The molecule has 120 valence electrons. The van der Waals surface area contributed by atoms with Crippen molar-refractivity contribution in [2.24, 2.45) is 5.92 Å². The molecule has 2 aliphatic rings. The Morgan fingerprint density at radius 1 is 1.00 bits per heavy atom. The van der Waals surface area contributed by atoms with Crippen molar-refractivity contribution >= 4 is 12.0 Å². The quantitative estimate of drug-likeness (QED) is 0.793. The number of likely N-dealkylation sites (tertiary alicyclic amines) is 1. The highest BCUT2D eigenvalue weighted by atomic mass is 16.4. The van der Waals surface area contributed by atoms with Gasteiger partial charge in [0, 0.05) is 44.8 Å². The maximum absolute atomic E-state index is 12.5. The van der Waals surface area contributed by atoms with Gasteiger partial charge in [-0.3, -0.25) is 9.69 Å². The molecule has 0 aromatic heterocycles. The van der Waals surface area contributed by atoms with Gasteiger partial charge in [-0.05, 0) is 33.6 Å². The molecular weight excluding hydrogens is 270 g/mol. The number of carbonyl (C=O) groups excluding carboxylic acids is 1. The molecule has 6 nitrogen and oxygen atoms in total. The maximum atomic E-state index is 12.5. The van der Waals surface area contributed by atoms with Crippen molar-refractivity contribution in [1.29, 1.82) is 0 Å². The van der Waals surface area contributed by atoms with E-state index < -0.39 is 11.9 Å². The first-order valence-corrected chi connectivity index (χ1v) is 7.81. The first-order chi connectivity index (χ1) is 9.79. The summed E-state index contributed by atoms with van der Waals surface area (Å²) < 4.78 is 0. The summed E-state index contributed by atoms with van der Waals surface area (Å²) in [5.41, 5.74) is 0.134. The number of carbonyl (C=O) groups is 2. The Hall–Kier alpha value is -1.30. The maximum Gasteiger partial charge on any atom is 0.320 e. The van der Waals surface area contributed by atoms with Gasteiger partial charge in [0.1, 0.15) is 0 Å². The van der Waals surface area contributed by atoms with Crippen molar-refractivity contribution in [3.05, 3.63) is 0 Å². The molecule has 0 saturated carbocycles. The topological polar surface area (TPSA) is 64.1 Å². The van der Waals surface area contributed by atoms with E-state index in [4.69, 9.17) is 5.11 Å². The van der Waals surface area contributed by atoms with Crippen molar-refractivity contribution in [2.45, 2.75) is 39.2 Å². The number of amides is 2. The van der Waals surface area contributed by atoms with Crippen molar-refractivity contribution in [2.75, 3.05) is 39.3 Å². The minimum atomic E-state index is -0.787. The predicted molar refractivity (Wildman–Crippen MR) is 80.2 cm³/mol.